The number of anilines is 1. The van der Waals surface area contributed by atoms with Gasteiger partial charge in [-0.15, -0.1) is 0 Å². The van der Waals surface area contributed by atoms with Gasteiger partial charge in [0.2, 0.25) is 0 Å². The molecule has 4 nitrogen and oxygen atoms in total. The third kappa shape index (κ3) is 4.19. The number of hydrogen-bond donors (Lipinski definition) is 1. The number of aromatic nitrogens is 1. The lowest BCUT2D eigenvalue weighted by atomic mass is 9.92. The topological polar surface area (TPSA) is 50.0 Å². The second kappa shape index (κ2) is 9.42. The Morgan fingerprint density at radius 3 is 2.48 bits per heavy atom. The number of ether oxygens (including phenoxy) is 1. The largest absolute Gasteiger partial charge is 0.494 e. The number of nitriles is 1. The zero-order valence-corrected chi connectivity index (χ0v) is 19.1. The molecule has 0 aliphatic heterocycles. The van der Waals surface area contributed by atoms with Gasteiger partial charge in [0.15, 0.2) is 0 Å². The van der Waals surface area contributed by atoms with E-state index in [1.54, 1.807) is 0 Å². The van der Waals surface area contributed by atoms with Crippen LogP contribution >= 0.6 is 0 Å². The second-order valence-electron chi connectivity index (χ2n) is 8.64. The first-order valence-electron chi connectivity index (χ1n) is 11.9. The average Bonchev–Trinajstić information content (AvgIpc) is 3.12. The number of rotatable bonds is 8. The van der Waals surface area contributed by atoms with Crippen LogP contribution in [0.1, 0.15) is 43.4 Å². The van der Waals surface area contributed by atoms with Gasteiger partial charge in [0.25, 0.3) is 0 Å². The fourth-order valence-electron chi connectivity index (χ4n) is 4.71. The molecular formula is C29H29N3O. The zero-order valence-electron chi connectivity index (χ0n) is 19.1. The summed E-state index contributed by atoms with van der Waals surface area (Å²) in [6.07, 6.45) is 4.55. The third-order valence-electron chi connectivity index (χ3n) is 6.58. The molecule has 33 heavy (non-hydrogen) atoms. The number of fused-ring (bicyclic) bond motifs is 1. The van der Waals surface area contributed by atoms with Crippen LogP contribution in [-0.4, -0.2) is 17.7 Å². The van der Waals surface area contributed by atoms with Gasteiger partial charge in [-0.2, -0.15) is 5.26 Å². The molecule has 0 saturated heterocycles. The lowest BCUT2D eigenvalue weighted by Crippen LogP contribution is -2.17. The third-order valence-corrected chi connectivity index (χ3v) is 6.58. The van der Waals surface area contributed by atoms with E-state index in [9.17, 15) is 5.26 Å². The maximum atomic E-state index is 10.1. The monoisotopic (exact) mass is 435 g/mol. The minimum absolute atomic E-state index is 0.450. The van der Waals surface area contributed by atoms with Crippen molar-refractivity contribution < 1.29 is 4.74 Å². The van der Waals surface area contributed by atoms with Crippen molar-refractivity contribution in [3.05, 3.63) is 83.9 Å². The van der Waals surface area contributed by atoms with E-state index in [4.69, 9.17) is 4.74 Å². The van der Waals surface area contributed by atoms with E-state index in [0.717, 1.165) is 65.0 Å². The van der Waals surface area contributed by atoms with Gasteiger partial charge in [-0.3, -0.25) is 0 Å². The van der Waals surface area contributed by atoms with E-state index in [0.29, 0.717) is 12.6 Å². The summed E-state index contributed by atoms with van der Waals surface area (Å²) in [5.41, 5.74) is 6.40. The van der Waals surface area contributed by atoms with Crippen molar-refractivity contribution in [2.75, 3.05) is 18.5 Å². The van der Waals surface area contributed by atoms with Crippen molar-refractivity contribution in [2.45, 2.75) is 38.6 Å². The van der Waals surface area contributed by atoms with Crippen molar-refractivity contribution in [3.8, 4) is 23.1 Å². The summed E-state index contributed by atoms with van der Waals surface area (Å²) in [5.74, 6) is 0.816. The Kier molecular flexibility index (Phi) is 6.04. The molecule has 0 bridgehead atoms. The molecule has 1 aliphatic carbocycles. The smallest absolute Gasteiger partial charge is 0.120 e. The Bertz CT molecular complexity index is 1280. The van der Waals surface area contributed by atoms with Crippen molar-refractivity contribution in [3.63, 3.8) is 0 Å². The predicted molar refractivity (Wildman–Crippen MR) is 135 cm³/mol. The molecule has 1 fully saturated rings. The summed E-state index contributed by atoms with van der Waals surface area (Å²) in [5, 5.41) is 14.6. The molecule has 0 unspecified atom stereocenters. The maximum absolute atomic E-state index is 10.1. The molecule has 4 heteroatoms. The lowest BCUT2D eigenvalue weighted by Gasteiger charge is -2.30. The maximum Gasteiger partial charge on any atom is 0.120 e. The Hall–Kier alpha value is -3.71. The van der Waals surface area contributed by atoms with Crippen LogP contribution in [0.2, 0.25) is 0 Å². The minimum Gasteiger partial charge on any atom is -0.494 e. The van der Waals surface area contributed by atoms with Crippen LogP contribution in [-0.2, 0) is 6.42 Å². The number of nitrogens with zero attached hydrogens (tertiary/aromatic N) is 2. The van der Waals surface area contributed by atoms with Gasteiger partial charge in [-0.25, -0.2) is 0 Å². The highest BCUT2D eigenvalue weighted by Gasteiger charge is 2.27. The predicted octanol–water partition coefficient (Wildman–Crippen LogP) is 6.96. The lowest BCUT2D eigenvalue weighted by molar-refractivity contribution is 0.324. The molecular weight excluding hydrogens is 406 g/mol. The molecule has 0 atom stereocenters. The van der Waals surface area contributed by atoms with Crippen molar-refractivity contribution in [1.29, 1.82) is 5.26 Å². The molecule has 5 rings (SSSR count). The summed E-state index contributed by atoms with van der Waals surface area (Å²) in [6, 6.07) is 28.1. The van der Waals surface area contributed by atoms with Crippen molar-refractivity contribution >= 4 is 16.6 Å². The van der Waals surface area contributed by atoms with E-state index in [1.165, 1.54) is 12.0 Å². The average molecular weight is 436 g/mol. The number of nitrogens with one attached hydrogen (secondary N) is 1. The van der Waals surface area contributed by atoms with Crippen LogP contribution < -0.4 is 10.1 Å². The summed E-state index contributed by atoms with van der Waals surface area (Å²) < 4.78 is 8.12. The fourth-order valence-corrected chi connectivity index (χ4v) is 4.71. The van der Waals surface area contributed by atoms with Gasteiger partial charge in [-0.05, 0) is 74.1 Å². The first-order chi connectivity index (χ1) is 16.3. The fraction of sp³-hybridized carbons (Fsp3) is 0.276. The zero-order chi connectivity index (χ0) is 22.6. The molecule has 0 radical (unpaired) electrons. The van der Waals surface area contributed by atoms with Gasteiger partial charge in [-0.1, -0.05) is 42.5 Å². The summed E-state index contributed by atoms with van der Waals surface area (Å²) in [4.78, 5) is 0. The van der Waals surface area contributed by atoms with Gasteiger partial charge in [0.1, 0.15) is 11.8 Å². The molecule has 1 aromatic heterocycles. The van der Waals surface area contributed by atoms with Crippen LogP contribution in [0.3, 0.4) is 0 Å². The first kappa shape index (κ1) is 21.2. The SMILES string of the molecule is CCOc1ccc2c(c1)c(C#N)c(-c1ccc(NCCc3ccccc3)cc1)n2C1CCC1. The van der Waals surface area contributed by atoms with E-state index in [2.05, 4.69) is 70.6 Å². The van der Waals surface area contributed by atoms with E-state index in [-0.39, 0.29) is 0 Å². The van der Waals surface area contributed by atoms with Crippen LogP contribution in [0, 0.1) is 11.3 Å². The summed E-state index contributed by atoms with van der Waals surface area (Å²) >= 11 is 0. The highest BCUT2D eigenvalue weighted by molar-refractivity contribution is 5.95. The van der Waals surface area contributed by atoms with Gasteiger partial charge >= 0.3 is 0 Å². The Balaban J connectivity index is 1.46. The normalized spacial score (nSPS) is 13.5. The Labute approximate surface area is 195 Å². The van der Waals surface area contributed by atoms with Crippen LogP contribution in [0.4, 0.5) is 5.69 Å². The Morgan fingerprint density at radius 2 is 1.82 bits per heavy atom. The number of hydrogen-bond acceptors (Lipinski definition) is 3. The molecule has 0 amide bonds. The second-order valence-corrected chi connectivity index (χ2v) is 8.64. The van der Waals surface area contributed by atoms with Crippen molar-refractivity contribution in [1.82, 2.24) is 4.57 Å². The number of benzene rings is 3. The molecule has 1 N–H and O–H groups in total. The van der Waals surface area contributed by atoms with E-state index < -0.39 is 0 Å². The van der Waals surface area contributed by atoms with Crippen LogP contribution in [0.5, 0.6) is 5.75 Å². The van der Waals surface area contributed by atoms with Crippen molar-refractivity contribution in [2.24, 2.45) is 0 Å². The molecule has 1 aliphatic rings. The van der Waals surface area contributed by atoms with Crippen LogP contribution in [0.15, 0.2) is 72.8 Å². The van der Waals surface area contributed by atoms with Gasteiger partial charge in [0, 0.05) is 23.7 Å². The quantitative estimate of drug-likeness (QED) is 0.325. The van der Waals surface area contributed by atoms with E-state index >= 15 is 0 Å². The highest BCUT2D eigenvalue weighted by Crippen LogP contribution is 2.43. The summed E-state index contributed by atoms with van der Waals surface area (Å²) in [7, 11) is 0. The molecule has 166 valence electrons. The van der Waals surface area contributed by atoms with E-state index in [1.807, 2.05) is 25.1 Å². The highest BCUT2D eigenvalue weighted by atomic mass is 16.5. The standard InChI is InChI=1S/C29H29N3O/c1-2-33-25-15-16-28-26(19-25)27(20-30)29(32(28)24-9-6-10-24)22-11-13-23(14-12-22)31-18-17-21-7-4-3-5-8-21/h3-5,7-8,11-16,19,24,31H,2,6,9-10,17-18H2,1H3. The molecule has 3 aromatic carbocycles. The molecule has 1 heterocycles. The molecule has 1 saturated carbocycles. The molecule has 0 spiro atoms. The minimum atomic E-state index is 0.450. The Morgan fingerprint density at radius 1 is 1.03 bits per heavy atom. The van der Waals surface area contributed by atoms with Crippen LogP contribution in [0.25, 0.3) is 22.2 Å². The summed E-state index contributed by atoms with van der Waals surface area (Å²) in [6.45, 7) is 3.48. The van der Waals surface area contributed by atoms with Gasteiger partial charge < -0.3 is 14.6 Å². The first-order valence-corrected chi connectivity index (χ1v) is 11.9. The molecule has 4 aromatic rings. The van der Waals surface area contributed by atoms with Gasteiger partial charge in [0.05, 0.1) is 23.4 Å².